The molecule has 1 aromatic carbocycles. The maximum Gasteiger partial charge on any atom is 0.310 e. The van der Waals surface area contributed by atoms with Crippen LogP contribution >= 0.6 is 0 Å². The van der Waals surface area contributed by atoms with Crippen LogP contribution in [0, 0.1) is 10.1 Å². The van der Waals surface area contributed by atoms with Gasteiger partial charge in [0.2, 0.25) is 0 Å². The van der Waals surface area contributed by atoms with Crippen LogP contribution in [0.15, 0.2) is 18.2 Å². The summed E-state index contributed by atoms with van der Waals surface area (Å²) in [7, 11) is 0. The van der Waals surface area contributed by atoms with Crippen LogP contribution in [0.5, 0.6) is 5.75 Å². The predicted octanol–water partition coefficient (Wildman–Crippen LogP) is 2.65. The lowest BCUT2D eigenvalue weighted by molar-refractivity contribution is -0.385. The molecule has 0 unspecified atom stereocenters. The van der Waals surface area contributed by atoms with Crippen molar-refractivity contribution >= 4 is 5.69 Å². The van der Waals surface area contributed by atoms with Gasteiger partial charge < -0.3 is 14.8 Å². The van der Waals surface area contributed by atoms with E-state index in [1.165, 1.54) is 18.9 Å². The molecule has 21 heavy (non-hydrogen) atoms. The van der Waals surface area contributed by atoms with Crippen molar-refractivity contribution in [2.45, 2.75) is 38.8 Å². The van der Waals surface area contributed by atoms with E-state index in [4.69, 9.17) is 9.47 Å². The Kier molecular flexibility index (Phi) is 5.95. The maximum absolute atomic E-state index is 11.0. The molecule has 0 aliphatic heterocycles. The summed E-state index contributed by atoms with van der Waals surface area (Å²) < 4.78 is 10.8. The second-order valence-corrected chi connectivity index (χ2v) is 5.18. The van der Waals surface area contributed by atoms with E-state index in [1.54, 1.807) is 12.1 Å². The van der Waals surface area contributed by atoms with Crippen molar-refractivity contribution in [1.82, 2.24) is 5.32 Å². The van der Waals surface area contributed by atoms with E-state index < -0.39 is 4.92 Å². The van der Waals surface area contributed by atoms with E-state index in [9.17, 15) is 10.1 Å². The molecule has 1 saturated carbocycles. The van der Waals surface area contributed by atoms with E-state index in [0.29, 0.717) is 38.2 Å². The zero-order valence-electron chi connectivity index (χ0n) is 12.3. The molecular formula is C15H22N2O4. The topological polar surface area (TPSA) is 73.6 Å². The Bertz CT molecular complexity index is 475. The SMILES string of the molecule is CCCOCCOc1cc(CNC2CC2)ccc1[N+](=O)[O-]. The normalized spacial score (nSPS) is 14.1. The molecule has 0 saturated heterocycles. The van der Waals surface area contributed by atoms with Crippen molar-refractivity contribution in [1.29, 1.82) is 0 Å². The zero-order chi connectivity index (χ0) is 15.1. The van der Waals surface area contributed by atoms with Gasteiger partial charge in [0.05, 0.1) is 11.5 Å². The highest BCUT2D eigenvalue weighted by atomic mass is 16.6. The summed E-state index contributed by atoms with van der Waals surface area (Å²) in [5, 5.41) is 14.4. The molecule has 0 heterocycles. The average Bonchev–Trinajstić information content (AvgIpc) is 3.29. The molecule has 6 heteroatoms. The molecule has 1 fully saturated rings. The van der Waals surface area contributed by atoms with Crippen LogP contribution in [0.25, 0.3) is 0 Å². The van der Waals surface area contributed by atoms with Gasteiger partial charge in [0.25, 0.3) is 0 Å². The van der Waals surface area contributed by atoms with Gasteiger partial charge >= 0.3 is 5.69 Å². The summed E-state index contributed by atoms with van der Waals surface area (Å²) in [6.07, 6.45) is 3.37. The fourth-order valence-electron chi connectivity index (χ4n) is 1.94. The van der Waals surface area contributed by atoms with Crippen LogP contribution in [0.2, 0.25) is 0 Å². The van der Waals surface area contributed by atoms with Crippen LogP contribution in [0.1, 0.15) is 31.7 Å². The van der Waals surface area contributed by atoms with Gasteiger partial charge in [0.1, 0.15) is 6.61 Å². The number of nitrogens with one attached hydrogen (secondary N) is 1. The Morgan fingerprint density at radius 3 is 2.81 bits per heavy atom. The molecular weight excluding hydrogens is 272 g/mol. The van der Waals surface area contributed by atoms with Gasteiger partial charge in [0.15, 0.2) is 5.75 Å². The summed E-state index contributed by atoms with van der Waals surface area (Å²) in [5.41, 5.74) is 0.998. The molecule has 1 aromatic rings. The minimum atomic E-state index is -0.416. The predicted molar refractivity (Wildman–Crippen MR) is 79.6 cm³/mol. The van der Waals surface area contributed by atoms with Crippen LogP contribution < -0.4 is 10.1 Å². The van der Waals surface area contributed by atoms with Gasteiger partial charge in [0, 0.05) is 25.3 Å². The Morgan fingerprint density at radius 1 is 1.33 bits per heavy atom. The van der Waals surface area contributed by atoms with Gasteiger partial charge in [-0.2, -0.15) is 0 Å². The molecule has 2 rings (SSSR count). The van der Waals surface area contributed by atoms with Crippen LogP contribution in [-0.2, 0) is 11.3 Å². The van der Waals surface area contributed by atoms with E-state index in [0.717, 1.165) is 12.0 Å². The second kappa shape index (κ2) is 7.95. The summed E-state index contributed by atoms with van der Waals surface area (Å²) >= 11 is 0. The van der Waals surface area contributed by atoms with Gasteiger partial charge in [-0.15, -0.1) is 0 Å². The van der Waals surface area contributed by atoms with Crippen molar-refractivity contribution in [2.75, 3.05) is 19.8 Å². The molecule has 0 radical (unpaired) electrons. The molecule has 0 amide bonds. The first-order valence-electron chi connectivity index (χ1n) is 7.42. The minimum absolute atomic E-state index is 0.000614. The number of nitro groups is 1. The number of benzene rings is 1. The first kappa shape index (κ1) is 15.7. The number of rotatable bonds is 10. The standard InChI is InChI=1S/C15H22N2O4/c1-2-7-20-8-9-21-15-10-12(11-16-13-4-5-13)3-6-14(15)17(18)19/h3,6,10,13,16H,2,4-5,7-9,11H2,1H3. The fraction of sp³-hybridized carbons (Fsp3) is 0.600. The molecule has 0 aromatic heterocycles. The molecule has 1 aliphatic carbocycles. The molecule has 1 aliphatic rings. The quantitative estimate of drug-likeness (QED) is 0.408. The maximum atomic E-state index is 11.0. The van der Waals surface area contributed by atoms with E-state index in [1.807, 2.05) is 6.92 Å². The van der Waals surface area contributed by atoms with E-state index in [2.05, 4.69) is 5.32 Å². The first-order valence-corrected chi connectivity index (χ1v) is 7.42. The number of ether oxygens (including phenoxy) is 2. The highest BCUT2D eigenvalue weighted by molar-refractivity contribution is 5.48. The highest BCUT2D eigenvalue weighted by Crippen LogP contribution is 2.28. The molecule has 116 valence electrons. The Morgan fingerprint density at radius 2 is 2.14 bits per heavy atom. The van der Waals surface area contributed by atoms with Crippen molar-refractivity contribution in [3.63, 3.8) is 0 Å². The van der Waals surface area contributed by atoms with Gasteiger partial charge in [-0.05, 0) is 30.9 Å². The number of hydrogen-bond donors (Lipinski definition) is 1. The third-order valence-corrected chi connectivity index (χ3v) is 3.23. The van der Waals surface area contributed by atoms with E-state index in [-0.39, 0.29) is 5.69 Å². The van der Waals surface area contributed by atoms with Crippen molar-refractivity contribution in [3.8, 4) is 5.75 Å². The van der Waals surface area contributed by atoms with Crippen molar-refractivity contribution in [2.24, 2.45) is 0 Å². The minimum Gasteiger partial charge on any atom is -0.484 e. The summed E-state index contributed by atoms with van der Waals surface area (Å²) in [6.45, 7) is 4.18. The van der Waals surface area contributed by atoms with Crippen molar-refractivity contribution < 1.29 is 14.4 Å². The third-order valence-electron chi connectivity index (χ3n) is 3.23. The highest BCUT2D eigenvalue weighted by Gasteiger charge is 2.21. The Balaban J connectivity index is 1.92. The lowest BCUT2D eigenvalue weighted by atomic mass is 10.2. The van der Waals surface area contributed by atoms with Crippen LogP contribution in [0.3, 0.4) is 0 Å². The fourth-order valence-corrected chi connectivity index (χ4v) is 1.94. The zero-order valence-corrected chi connectivity index (χ0v) is 12.3. The van der Waals surface area contributed by atoms with Crippen LogP contribution in [0.4, 0.5) is 5.69 Å². The average molecular weight is 294 g/mol. The molecule has 0 spiro atoms. The number of nitro benzene ring substituents is 1. The van der Waals surface area contributed by atoms with Crippen molar-refractivity contribution in [3.05, 3.63) is 33.9 Å². The Labute approximate surface area is 124 Å². The second-order valence-electron chi connectivity index (χ2n) is 5.18. The van der Waals surface area contributed by atoms with Gasteiger partial charge in [-0.1, -0.05) is 13.0 Å². The monoisotopic (exact) mass is 294 g/mol. The van der Waals surface area contributed by atoms with Crippen LogP contribution in [-0.4, -0.2) is 30.8 Å². The largest absolute Gasteiger partial charge is 0.484 e. The lowest BCUT2D eigenvalue weighted by Gasteiger charge is -2.09. The van der Waals surface area contributed by atoms with Gasteiger partial charge in [-0.25, -0.2) is 0 Å². The smallest absolute Gasteiger partial charge is 0.310 e. The number of hydrogen-bond acceptors (Lipinski definition) is 5. The molecule has 1 N–H and O–H groups in total. The summed E-state index contributed by atoms with van der Waals surface area (Å²) in [5.74, 6) is 0.315. The van der Waals surface area contributed by atoms with Gasteiger partial charge in [-0.3, -0.25) is 10.1 Å². The molecule has 6 nitrogen and oxygen atoms in total. The Hall–Kier alpha value is -1.66. The summed E-state index contributed by atoms with van der Waals surface area (Å²) in [6, 6.07) is 5.62. The number of nitrogens with zero attached hydrogens (tertiary/aromatic N) is 1. The summed E-state index contributed by atoms with van der Waals surface area (Å²) in [4.78, 5) is 10.6. The molecule has 0 atom stereocenters. The lowest BCUT2D eigenvalue weighted by Crippen LogP contribution is -2.15. The first-order chi connectivity index (χ1) is 10.2. The van der Waals surface area contributed by atoms with E-state index >= 15 is 0 Å². The third kappa shape index (κ3) is 5.32. The molecule has 0 bridgehead atoms.